The van der Waals surface area contributed by atoms with Crippen LogP contribution in [0.4, 0.5) is 0 Å². The summed E-state index contributed by atoms with van der Waals surface area (Å²) < 4.78 is 10.2. The number of aliphatic hydroxyl groups excluding tert-OH is 1. The van der Waals surface area contributed by atoms with Crippen molar-refractivity contribution in [1.82, 2.24) is 5.32 Å². The minimum Gasteiger partial charge on any atom is -0.495 e. The first-order valence-corrected chi connectivity index (χ1v) is 5.05. The molecule has 0 saturated carbocycles. The van der Waals surface area contributed by atoms with Gasteiger partial charge in [-0.25, -0.2) is 0 Å². The van der Waals surface area contributed by atoms with Crippen LogP contribution in [0.5, 0.6) is 0 Å². The van der Waals surface area contributed by atoms with Gasteiger partial charge < -0.3 is 19.9 Å². The third-order valence-corrected chi connectivity index (χ3v) is 2.11. The molecule has 2 N–H and O–H groups in total. The summed E-state index contributed by atoms with van der Waals surface area (Å²) in [6, 6.07) is 0. The van der Waals surface area contributed by atoms with Crippen LogP contribution in [0.1, 0.15) is 12.8 Å². The highest BCUT2D eigenvalue weighted by molar-refractivity contribution is 5.02. The van der Waals surface area contributed by atoms with E-state index in [9.17, 15) is 5.11 Å². The Kier molecular flexibility index (Phi) is 5.59. The molecule has 4 nitrogen and oxygen atoms in total. The van der Waals surface area contributed by atoms with Gasteiger partial charge in [0.05, 0.1) is 13.2 Å². The van der Waals surface area contributed by atoms with Gasteiger partial charge >= 0.3 is 0 Å². The molecule has 0 radical (unpaired) electrons. The zero-order valence-corrected chi connectivity index (χ0v) is 8.66. The normalized spacial score (nSPS) is 18.6. The second-order valence-corrected chi connectivity index (χ2v) is 3.31. The Morgan fingerprint density at radius 2 is 2.57 bits per heavy atom. The molecule has 82 valence electrons. The van der Waals surface area contributed by atoms with Crippen LogP contribution < -0.4 is 5.32 Å². The maximum Gasteiger partial charge on any atom is 0.123 e. The van der Waals surface area contributed by atoms with Gasteiger partial charge in [0.25, 0.3) is 0 Å². The lowest BCUT2D eigenvalue weighted by atomic mass is 10.2. The fraction of sp³-hybridized carbons (Fsp3) is 0.800. The standard InChI is InChI=1S/C10H19NO3/c1-13-7-5-11-8-9(12)10-4-2-3-6-14-10/h4,9,11-12H,2-3,5-8H2,1H3. The van der Waals surface area contributed by atoms with Crippen molar-refractivity contribution in [3.05, 3.63) is 11.8 Å². The monoisotopic (exact) mass is 201 g/mol. The molecule has 0 bridgehead atoms. The molecule has 0 spiro atoms. The summed E-state index contributed by atoms with van der Waals surface area (Å²) in [5.41, 5.74) is 0. The van der Waals surface area contributed by atoms with Gasteiger partial charge in [0.15, 0.2) is 0 Å². The first kappa shape index (κ1) is 11.5. The Morgan fingerprint density at radius 1 is 1.71 bits per heavy atom. The van der Waals surface area contributed by atoms with E-state index in [0.29, 0.717) is 18.9 Å². The van der Waals surface area contributed by atoms with Gasteiger partial charge in [0.2, 0.25) is 0 Å². The number of hydrogen-bond donors (Lipinski definition) is 2. The van der Waals surface area contributed by atoms with E-state index in [4.69, 9.17) is 9.47 Å². The second kappa shape index (κ2) is 6.81. The molecule has 1 atom stereocenters. The highest BCUT2D eigenvalue weighted by Crippen LogP contribution is 2.12. The van der Waals surface area contributed by atoms with Crippen LogP contribution in [0.25, 0.3) is 0 Å². The quantitative estimate of drug-likeness (QED) is 0.606. The van der Waals surface area contributed by atoms with Crippen molar-refractivity contribution in [2.75, 3.05) is 33.4 Å². The van der Waals surface area contributed by atoms with E-state index in [2.05, 4.69) is 5.32 Å². The van der Waals surface area contributed by atoms with Crippen LogP contribution in [0.15, 0.2) is 11.8 Å². The van der Waals surface area contributed by atoms with E-state index < -0.39 is 6.10 Å². The number of ether oxygens (including phenoxy) is 2. The smallest absolute Gasteiger partial charge is 0.123 e. The maximum atomic E-state index is 9.68. The highest BCUT2D eigenvalue weighted by atomic mass is 16.5. The summed E-state index contributed by atoms with van der Waals surface area (Å²) in [7, 11) is 1.66. The molecule has 14 heavy (non-hydrogen) atoms. The summed E-state index contributed by atoms with van der Waals surface area (Å²) in [6.45, 7) is 2.66. The number of aliphatic hydroxyl groups is 1. The average Bonchev–Trinajstić information content (AvgIpc) is 2.25. The SMILES string of the molecule is COCCNCC(O)C1=CCCCO1. The van der Waals surface area contributed by atoms with E-state index in [0.717, 1.165) is 26.0 Å². The lowest BCUT2D eigenvalue weighted by Crippen LogP contribution is -2.31. The van der Waals surface area contributed by atoms with Crippen LogP contribution >= 0.6 is 0 Å². The van der Waals surface area contributed by atoms with Crippen LogP contribution in [0.3, 0.4) is 0 Å². The molecule has 1 aliphatic rings. The zero-order chi connectivity index (χ0) is 10.2. The fourth-order valence-corrected chi connectivity index (χ4v) is 1.32. The second-order valence-electron chi connectivity index (χ2n) is 3.31. The molecular weight excluding hydrogens is 182 g/mol. The predicted molar refractivity (Wildman–Crippen MR) is 54.0 cm³/mol. The summed E-state index contributed by atoms with van der Waals surface area (Å²) in [4.78, 5) is 0. The first-order chi connectivity index (χ1) is 6.84. The summed E-state index contributed by atoms with van der Waals surface area (Å²) in [5.74, 6) is 0.709. The van der Waals surface area contributed by atoms with Crippen molar-refractivity contribution >= 4 is 0 Å². The third-order valence-electron chi connectivity index (χ3n) is 2.11. The van der Waals surface area contributed by atoms with Crippen LogP contribution in [0, 0.1) is 0 Å². The molecule has 0 fully saturated rings. The molecule has 0 aromatic carbocycles. The van der Waals surface area contributed by atoms with Crippen LogP contribution in [-0.2, 0) is 9.47 Å². The highest BCUT2D eigenvalue weighted by Gasteiger charge is 2.13. The minimum atomic E-state index is -0.521. The summed E-state index contributed by atoms with van der Waals surface area (Å²) >= 11 is 0. The maximum absolute atomic E-state index is 9.68. The van der Waals surface area contributed by atoms with Crippen molar-refractivity contribution in [3.63, 3.8) is 0 Å². The number of rotatable bonds is 6. The number of nitrogens with one attached hydrogen (secondary N) is 1. The molecule has 1 unspecified atom stereocenters. The Bertz CT molecular complexity index is 182. The lowest BCUT2D eigenvalue weighted by Gasteiger charge is -2.19. The topological polar surface area (TPSA) is 50.7 Å². The van der Waals surface area contributed by atoms with Crippen LogP contribution in [0.2, 0.25) is 0 Å². The summed E-state index contributed by atoms with van der Waals surface area (Å²) in [5, 5.41) is 12.8. The van der Waals surface area contributed by atoms with E-state index in [1.54, 1.807) is 7.11 Å². The molecule has 4 heteroatoms. The molecule has 0 saturated heterocycles. The molecule has 1 aliphatic heterocycles. The van der Waals surface area contributed by atoms with E-state index in [-0.39, 0.29) is 0 Å². The van der Waals surface area contributed by atoms with Gasteiger partial charge in [0, 0.05) is 20.2 Å². The minimum absolute atomic E-state index is 0.521. The first-order valence-electron chi connectivity index (χ1n) is 5.05. The van der Waals surface area contributed by atoms with Crippen molar-refractivity contribution in [1.29, 1.82) is 0 Å². The van der Waals surface area contributed by atoms with Gasteiger partial charge in [0.1, 0.15) is 11.9 Å². The number of allylic oxidation sites excluding steroid dienone is 1. The van der Waals surface area contributed by atoms with Gasteiger partial charge in [-0.05, 0) is 18.9 Å². The van der Waals surface area contributed by atoms with E-state index in [1.165, 1.54) is 0 Å². The van der Waals surface area contributed by atoms with Crippen molar-refractivity contribution in [3.8, 4) is 0 Å². The summed E-state index contributed by atoms with van der Waals surface area (Å²) in [6.07, 6.45) is 3.50. The predicted octanol–water partition coefficient (Wildman–Crippen LogP) is 0.278. The van der Waals surface area contributed by atoms with Crippen molar-refractivity contribution < 1.29 is 14.6 Å². The van der Waals surface area contributed by atoms with Crippen molar-refractivity contribution in [2.24, 2.45) is 0 Å². The Hall–Kier alpha value is -0.580. The molecule has 0 aromatic rings. The Morgan fingerprint density at radius 3 is 3.21 bits per heavy atom. The zero-order valence-electron chi connectivity index (χ0n) is 8.66. The average molecular weight is 201 g/mol. The van der Waals surface area contributed by atoms with Crippen molar-refractivity contribution in [2.45, 2.75) is 18.9 Å². The van der Waals surface area contributed by atoms with Gasteiger partial charge in [-0.2, -0.15) is 0 Å². The van der Waals surface area contributed by atoms with Gasteiger partial charge in [-0.15, -0.1) is 0 Å². The van der Waals surface area contributed by atoms with E-state index in [1.807, 2.05) is 6.08 Å². The number of hydrogen-bond acceptors (Lipinski definition) is 4. The molecule has 1 heterocycles. The number of methoxy groups -OCH3 is 1. The molecule has 1 rings (SSSR count). The molecular formula is C10H19NO3. The van der Waals surface area contributed by atoms with Gasteiger partial charge in [-0.1, -0.05) is 0 Å². The Balaban J connectivity index is 2.13. The van der Waals surface area contributed by atoms with Crippen LogP contribution in [-0.4, -0.2) is 44.6 Å². The molecule has 0 aliphatic carbocycles. The van der Waals surface area contributed by atoms with E-state index >= 15 is 0 Å². The lowest BCUT2D eigenvalue weighted by molar-refractivity contribution is 0.0895. The van der Waals surface area contributed by atoms with Gasteiger partial charge in [-0.3, -0.25) is 0 Å². The molecule has 0 aromatic heterocycles. The Labute approximate surface area is 84.9 Å². The fourth-order valence-electron chi connectivity index (χ4n) is 1.32. The molecule has 0 amide bonds. The third kappa shape index (κ3) is 4.09. The largest absolute Gasteiger partial charge is 0.495 e.